The fourth-order valence-corrected chi connectivity index (χ4v) is 2.00. The van der Waals surface area contributed by atoms with Crippen LogP contribution in [0, 0.1) is 6.92 Å². The molecule has 0 amide bonds. The summed E-state index contributed by atoms with van der Waals surface area (Å²) in [6.07, 6.45) is 2.92. The van der Waals surface area contributed by atoms with Gasteiger partial charge in [0.15, 0.2) is 0 Å². The van der Waals surface area contributed by atoms with Crippen LogP contribution in [0.25, 0.3) is 0 Å². The zero-order valence-corrected chi connectivity index (χ0v) is 11.8. The van der Waals surface area contributed by atoms with Crippen molar-refractivity contribution in [3.8, 4) is 5.75 Å². The maximum Gasteiger partial charge on any atom is 0.119 e. The van der Waals surface area contributed by atoms with Crippen molar-refractivity contribution in [3.05, 3.63) is 47.3 Å². The van der Waals surface area contributed by atoms with Crippen molar-refractivity contribution in [2.24, 2.45) is 7.05 Å². The molecule has 0 radical (unpaired) electrons. The van der Waals surface area contributed by atoms with Crippen molar-refractivity contribution in [1.82, 2.24) is 15.1 Å². The van der Waals surface area contributed by atoms with Gasteiger partial charge in [-0.25, -0.2) is 0 Å². The van der Waals surface area contributed by atoms with Gasteiger partial charge in [-0.1, -0.05) is 12.1 Å². The molecule has 0 saturated heterocycles. The molecule has 0 aliphatic rings. The minimum atomic E-state index is 0.865. The van der Waals surface area contributed by atoms with Crippen LogP contribution in [-0.2, 0) is 20.0 Å². The van der Waals surface area contributed by atoms with Crippen molar-refractivity contribution in [2.45, 2.75) is 19.9 Å². The molecule has 4 heteroatoms. The second-order valence-electron chi connectivity index (χ2n) is 4.66. The number of methoxy groups -OCH3 is 1. The van der Waals surface area contributed by atoms with E-state index in [0.29, 0.717) is 0 Å². The van der Waals surface area contributed by atoms with E-state index in [0.717, 1.165) is 25.3 Å². The molecule has 19 heavy (non-hydrogen) atoms. The van der Waals surface area contributed by atoms with E-state index < -0.39 is 0 Å². The Morgan fingerprint density at radius 2 is 2.21 bits per heavy atom. The Morgan fingerprint density at radius 3 is 2.89 bits per heavy atom. The Kier molecular flexibility index (Phi) is 4.58. The molecule has 1 aromatic carbocycles. The summed E-state index contributed by atoms with van der Waals surface area (Å²) in [5, 5.41) is 7.68. The van der Waals surface area contributed by atoms with Gasteiger partial charge < -0.3 is 10.1 Å². The highest BCUT2D eigenvalue weighted by atomic mass is 16.5. The summed E-state index contributed by atoms with van der Waals surface area (Å²) in [6.45, 7) is 3.90. The second kappa shape index (κ2) is 6.38. The first-order valence-corrected chi connectivity index (χ1v) is 6.52. The van der Waals surface area contributed by atoms with Crippen molar-refractivity contribution < 1.29 is 4.74 Å². The van der Waals surface area contributed by atoms with E-state index in [2.05, 4.69) is 29.5 Å². The largest absolute Gasteiger partial charge is 0.497 e. The van der Waals surface area contributed by atoms with Crippen LogP contribution < -0.4 is 10.1 Å². The zero-order valence-electron chi connectivity index (χ0n) is 11.8. The van der Waals surface area contributed by atoms with Gasteiger partial charge in [-0.3, -0.25) is 4.68 Å². The molecule has 1 N–H and O–H groups in total. The minimum absolute atomic E-state index is 0.865. The lowest BCUT2D eigenvalue weighted by molar-refractivity contribution is 0.414. The summed E-state index contributed by atoms with van der Waals surface area (Å²) in [5.41, 5.74) is 3.76. The number of aryl methyl sites for hydroxylation is 1. The second-order valence-corrected chi connectivity index (χ2v) is 4.66. The number of nitrogens with one attached hydrogen (secondary N) is 1. The molecule has 0 fully saturated rings. The van der Waals surface area contributed by atoms with Crippen LogP contribution in [0.2, 0.25) is 0 Å². The third kappa shape index (κ3) is 3.58. The van der Waals surface area contributed by atoms with Crippen molar-refractivity contribution >= 4 is 0 Å². The monoisotopic (exact) mass is 259 g/mol. The summed E-state index contributed by atoms with van der Waals surface area (Å²) in [4.78, 5) is 0. The molecule has 4 nitrogen and oxygen atoms in total. The van der Waals surface area contributed by atoms with E-state index in [1.54, 1.807) is 7.11 Å². The molecule has 1 heterocycles. The molecule has 1 aromatic heterocycles. The SMILES string of the molecule is COc1cccc(CCNCc2cnn(C)c2C)c1. The van der Waals surface area contributed by atoms with Crippen molar-refractivity contribution in [1.29, 1.82) is 0 Å². The molecular weight excluding hydrogens is 238 g/mol. The van der Waals surface area contributed by atoms with E-state index >= 15 is 0 Å². The standard InChI is InChI=1S/C15H21N3O/c1-12-14(11-17-18(12)2)10-16-8-7-13-5-4-6-15(9-13)19-3/h4-6,9,11,16H,7-8,10H2,1-3H3. The van der Waals surface area contributed by atoms with E-state index in [9.17, 15) is 0 Å². The zero-order chi connectivity index (χ0) is 13.7. The molecule has 2 rings (SSSR count). The first-order chi connectivity index (χ1) is 9.20. The molecule has 0 bridgehead atoms. The van der Waals surface area contributed by atoms with Gasteiger partial charge in [0, 0.05) is 24.8 Å². The highest BCUT2D eigenvalue weighted by Gasteiger charge is 2.02. The van der Waals surface area contributed by atoms with Gasteiger partial charge in [0.1, 0.15) is 5.75 Å². The van der Waals surface area contributed by atoms with Crippen LogP contribution in [0.4, 0.5) is 0 Å². The Morgan fingerprint density at radius 1 is 1.37 bits per heavy atom. The molecule has 0 aliphatic carbocycles. The number of ether oxygens (including phenoxy) is 1. The maximum atomic E-state index is 5.22. The van der Waals surface area contributed by atoms with Crippen LogP contribution in [-0.4, -0.2) is 23.4 Å². The van der Waals surface area contributed by atoms with Crippen molar-refractivity contribution in [2.75, 3.05) is 13.7 Å². The predicted octanol–water partition coefficient (Wildman–Crippen LogP) is 2.07. The topological polar surface area (TPSA) is 39.1 Å². The Labute approximate surface area is 114 Å². The third-order valence-corrected chi connectivity index (χ3v) is 3.38. The van der Waals surface area contributed by atoms with Crippen molar-refractivity contribution in [3.63, 3.8) is 0 Å². The van der Waals surface area contributed by atoms with E-state index in [4.69, 9.17) is 4.74 Å². The Balaban J connectivity index is 1.79. The highest BCUT2D eigenvalue weighted by Crippen LogP contribution is 2.12. The summed E-state index contributed by atoms with van der Waals surface area (Å²) in [7, 11) is 3.66. The quantitative estimate of drug-likeness (QED) is 0.807. The lowest BCUT2D eigenvalue weighted by atomic mass is 10.1. The van der Waals surface area contributed by atoms with Crippen LogP contribution in [0.1, 0.15) is 16.8 Å². The third-order valence-electron chi connectivity index (χ3n) is 3.38. The number of nitrogens with zero attached hydrogens (tertiary/aromatic N) is 2. The van der Waals surface area contributed by atoms with Gasteiger partial charge in [-0.15, -0.1) is 0 Å². The summed E-state index contributed by atoms with van der Waals surface area (Å²) < 4.78 is 7.12. The fraction of sp³-hybridized carbons (Fsp3) is 0.400. The Hall–Kier alpha value is -1.81. The van der Waals surface area contributed by atoms with Gasteiger partial charge in [0.2, 0.25) is 0 Å². The lowest BCUT2D eigenvalue weighted by Gasteiger charge is -2.06. The van der Waals surface area contributed by atoms with E-state index in [-0.39, 0.29) is 0 Å². The van der Waals surface area contributed by atoms with Gasteiger partial charge in [-0.05, 0) is 37.6 Å². The van der Waals surface area contributed by atoms with Gasteiger partial charge in [0.05, 0.1) is 13.3 Å². The van der Waals surface area contributed by atoms with Crippen LogP contribution in [0.15, 0.2) is 30.5 Å². The minimum Gasteiger partial charge on any atom is -0.497 e. The fourth-order valence-electron chi connectivity index (χ4n) is 2.00. The van der Waals surface area contributed by atoms with Crippen LogP contribution in [0.5, 0.6) is 5.75 Å². The maximum absolute atomic E-state index is 5.22. The molecule has 102 valence electrons. The number of aromatic nitrogens is 2. The van der Waals surface area contributed by atoms with Gasteiger partial charge in [-0.2, -0.15) is 5.10 Å². The van der Waals surface area contributed by atoms with E-state index in [1.807, 2.05) is 30.1 Å². The highest BCUT2D eigenvalue weighted by molar-refractivity contribution is 5.28. The Bertz CT molecular complexity index is 534. The number of rotatable bonds is 6. The molecule has 0 atom stereocenters. The molecule has 0 saturated carbocycles. The average molecular weight is 259 g/mol. The average Bonchev–Trinajstić information content (AvgIpc) is 2.75. The number of hydrogen-bond donors (Lipinski definition) is 1. The number of benzene rings is 1. The van der Waals surface area contributed by atoms with E-state index in [1.165, 1.54) is 16.8 Å². The lowest BCUT2D eigenvalue weighted by Crippen LogP contribution is -2.17. The molecule has 2 aromatic rings. The predicted molar refractivity (Wildman–Crippen MR) is 76.3 cm³/mol. The smallest absolute Gasteiger partial charge is 0.119 e. The molecule has 0 spiro atoms. The first kappa shape index (κ1) is 13.6. The summed E-state index contributed by atoms with van der Waals surface area (Å²) >= 11 is 0. The molecule has 0 unspecified atom stereocenters. The summed E-state index contributed by atoms with van der Waals surface area (Å²) in [5.74, 6) is 0.917. The van der Waals surface area contributed by atoms with Crippen LogP contribution in [0.3, 0.4) is 0 Å². The van der Waals surface area contributed by atoms with Gasteiger partial charge >= 0.3 is 0 Å². The summed E-state index contributed by atoms with van der Waals surface area (Å²) in [6, 6.07) is 8.20. The molecule has 0 aliphatic heterocycles. The first-order valence-electron chi connectivity index (χ1n) is 6.52. The normalized spacial score (nSPS) is 10.7. The van der Waals surface area contributed by atoms with Crippen LogP contribution >= 0.6 is 0 Å². The number of hydrogen-bond acceptors (Lipinski definition) is 3. The molecular formula is C15H21N3O. The van der Waals surface area contributed by atoms with Gasteiger partial charge in [0.25, 0.3) is 0 Å².